The molecule has 0 aliphatic carbocycles. The van der Waals surface area contributed by atoms with Gasteiger partial charge in [-0.2, -0.15) is 13.8 Å². The summed E-state index contributed by atoms with van der Waals surface area (Å²) in [5.41, 5.74) is 1.16. The van der Waals surface area contributed by atoms with Crippen LogP contribution in [0, 0.1) is 37.0 Å². The van der Waals surface area contributed by atoms with Crippen LogP contribution in [0.15, 0.2) is 12.5 Å². The van der Waals surface area contributed by atoms with Gasteiger partial charge in [-0.15, -0.1) is 6.42 Å². The number of hydrogen-bond acceptors (Lipinski definition) is 1. The van der Waals surface area contributed by atoms with Gasteiger partial charge in [-0.05, 0) is 0 Å². The average molecular weight is 375 g/mol. The Balaban J connectivity index is 0.000001000. The number of aryl methyl sites for hydroxylation is 1. The first kappa shape index (κ1) is 11.3. The van der Waals surface area contributed by atoms with Crippen LogP contribution >= 0.6 is 0 Å². The summed E-state index contributed by atoms with van der Waals surface area (Å²) in [6.07, 6.45) is 4.88. The SMILES string of the molecule is C[C-](C)Cc1cn(C)cn1.[U]. The molecule has 0 amide bonds. The summed E-state index contributed by atoms with van der Waals surface area (Å²) in [5, 5.41) is 0. The van der Waals surface area contributed by atoms with E-state index in [9.17, 15) is 0 Å². The molecule has 0 unspecified atom stereocenters. The Morgan fingerprint density at radius 2 is 2.18 bits per heavy atom. The van der Waals surface area contributed by atoms with Gasteiger partial charge in [0.25, 0.3) is 0 Å². The van der Waals surface area contributed by atoms with Crippen LogP contribution < -0.4 is 0 Å². The van der Waals surface area contributed by atoms with Crippen LogP contribution in [-0.2, 0) is 13.5 Å². The van der Waals surface area contributed by atoms with Gasteiger partial charge >= 0.3 is 0 Å². The zero-order valence-electron chi connectivity index (χ0n) is 7.26. The maximum atomic E-state index is 4.20. The van der Waals surface area contributed by atoms with Crippen LogP contribution in [0.3, 0.4) is 0 Å². The maximum Gasteiger partial charge on any atom is 0.0945 e. The molecule has 0 atom stereocenters. The molecule has 0 saturated carbocycles. The molecule has 60 valence electrons. The number of nitrogens with zero attached hydrogens (tertiary/aromatic N) is 2. The summed E-state index contributed by atoms with van der Waals surface area (Å²) >= 11 is 0. The first-order chi connectivity index (χ1) is 4.68. The maximum absolute atomic E-state index is 4.20. The van der Waals surface area contributed by atoms with E-state index in [0.717, 1.165) is 12.1 Å². The molecule has 0 saturated heterocycles. The fourth-order valence-electron chi connectivity index (χ4n) is 0.920. The Labute approximate surface area is 91.8 Å². The molecule has 0 bridgehead atoms. The van der Waals surface area contributed by atoms with Crippen molar-refractivity contribution in [1.29, 1.82) is 0 Å². The molecule has 11 heavy (non-hydrogen) atoms. The summed E-state index contributed by atoms with van der Waals surface area (Å²) in [5.74, 6) is 1.40. The van der Waals surface area contributed by atoms with Crippen molar-refractivity contribution in [3.05, 3.63) is 24.1 Å². The molecule has 0 aliphatic rings. The van der Waals surface area contributed by atoms with Crippen molar-refractivity contribution in [3.63, 3.8) is 0 Å². The van der Waals surface area contributed by atoms with Crippen LogP contribution in [0.4, 0.5) is 0 Å². The average Bonchev–Trinajstić information content (AvgIpc) is 2.13. The van der Waals surface area contributed by atoms with Gasteiger partial charge in [-0.3, -0.25) is 0 Å². The number of hydrogen-bond donors (Lipinski definition) is 0. The third kappa shape index (κ3) is 3.98. The zero-order valence-corrected chi connectivity index (χ0v) is 11.4. The third-order valence-corrected chi connectivity index (χ3v) is 1.29. The van der Waals surface area contributed by atoms with Crippen LogP contribution in [0.2, 0.25) is 0 Å². The Hall–Kier alpha value is 0.262. The first-order valence-corrected chi connectivity index (χ1v) is 3.44. The predicted molar refractivity (Wildman–Crippen MR) is 41.5 cm³/mol. The van der Waals surface area contributed by atoms with Gasteiger partial charge in [0, 0.05) is 50.1 Å². The molecule has 2 nitrogen and oxygen atoms in total. The van der Waals surface area contributed by atoms with Crippen molar-refractivity contribution in [2.45, 2.75) is 20.3 Å². The minimum atomic E-state index is 0. The van der Waals surface area contributed by atoms with E-state index in [1.54, 1.807) is 0 Å². The molecule has 3 heteroatoms. The van der Waals surface area contributed by atoms with E-state index in [1.807, 2.05) is 24.1 Å². The Bertz CT molecular complexity index is 206. The second-order valence-corrected chi connectivity index (χ2v) is 2.91. The zero-order chi connectivity index (χ0) is 7.56. The molecule has 1 aromatic rings. The Morgan fingerprint density at radius 1 is 1.55 bits per heavy atom. The molecule has 0 radical (unpaired) electrons. The summed E-state index contributed by atoms with van der Waals surface area (Å²) in [6.45, 7) is 4.24. The van der Waals surface area contributed by atoms with Crippen molar-refractivity contribution in [2.24, 2.45) is 7.05 Å². The fraction of sp³-hybridized carbons (Fsp3) is 0.500. The molecule has 1 aromatic heterocycles. The molecule has 1 rings (SSSR count). The molecule has 1 heterocycles. The van der Waals surface area contributed by atoms with Gasteiger partial charge in [-0.1, -0.05) is 0 Å². The van der Waals surface area contributed by atoms with Crippen molar-refractivity contribution >= 4 is 0 Å². The molecule has 0 N–H and O–H groups in total. The second-order valence-electron chi connectivity index (χ2n) is 2.91. The second kappa shape index (κ2) is 5.01. The smallest absolute Gasteiger partial charge is 0.0945 e. The molecular weight excluding hydrogens is 362 g/mol. The van der Waals surface area contributed by atoms with Crippen LogP contribution in [0.1, 0.15) is 19.5 Å². The van der Waals surface area contributed by atoms with E-state index in [4.69, 9.17) is 0 Å². The van der Waals surface area contributed by atoms with E-state index in [-0.39, 0.29) is 31.1 Å². The van der Waals surface area contributed by atoms with Crippen molar-refractivity contribution < 1.29 is 31.1 Å². The molecular formula is C8H13N2U-. The first-order valence-electron chi connectivity index (χ1n) is 3.44. The van der Waals surface area contributed by atoms with Crippen molar-refractivity contribution in [3.8, 4) is 0 Å². The number of aromatic nitrogens is 2. The van der Waals surface area contributed by atoms with E-state index < -0.39 is 0 Å². The largest absolute Gasteiger partial charge is 0.340 e. The van der Waals surface area contributed by atoms with Crippen LogP contribution in [-0.4, -0.2) is 9.55 Å². The molecule has 0 aliphatic heterocycles. The standard InChI is InChI=1S/C8H13N2.U/c1-7(2)4-8-5-10(3)6-9-8;/h5-6H,4H2,1-3H3;/q-1;. The normalized spacial score (nSPS) is 9.82. The van der Waals surface area contributed by atoms with E-state index in [0.29, 0.717) is 0 Å². The number of imidazole rings is 1. The Morgan fingerprint density at radius 3 is 2.55 bits per heavy atom. The van der Waals surface area contributed by atoms with E-state index in [1.165, 1.54) is 5.92 Å². The van der Waals surface area contributed by atoms with Gasteiger partial charge in [-0.25, -0.2) is 4.98 Å². The molecule has 0 spiro atoms. The molecule has 0 fully saturated rings. The van der Waals surface area contributed by atoms with Crippen molar-refractivity contribution in [2.75, 3.05) is 0 Å². The summed E-state index contributed by atoms with van der Waals surface area (Å²) in [4.78, 5) is 4.20. The topological polar surface area (TPSA) is 17.8 Å². The van der Waals surface area contributed by atoms with Gasteiger partial charge in [0.05, 0.1) is 6.33 Å². The van der Waals surface area contributed by atoms with Gasteiger partial charge in [0.1, 0.15) is 0 Å². The predicted octanol–water partition coefficient (Wildman–Crippen LogP) is 1.58. The van der Waals surface area contributed by atoms with Crippen molar-refractivity contribution in [1.82, 2.24) is 9.55 Å². The summed E-state index contributed by atoms with van der Waals surface area (Å²) < 4.78 is 1.97. The minimum Gasteiger partial charge on any atom is -0.340 e. The third-order valence-electron chi connectivity index (χ3n) is 1.29. The summed E-state index contributed by atoms with van der Waals surface area (Å²) in [6, 6.07) is 0. The number of rotatable bonds is 2. The van der Waals surface area contributed by atoms with Gasteiger partial charge < -0.3 is 10.5 Å². The monoisotopic (exact) mass is 375 g/mol. The van der Waals surface area contributed by atoms with Gasteiger partial charge in [0.15, 0.2) is 0 Å². The minimum absolute atomic E-state index is 0. The van der Waals surface area contributed by atoms with E-state index >= 15 is 0 Å². The summed E-state index contributed by atoms with van der Waals surface area (Å²) in [7, 11) is 1.99. The quantitative estimate of drug-likeness (QED) is 0.718. The van der Waals surface area contributed by atoms with Crippen LogP contribution in [0.5, 0.6) is 0 Å². The van der Waals surface area contributed by atoms with Gasteiger partial charge in [0.2, 0.25) is 0 Å². The Kier molecular flexibility index (Phi) is 5.12. The molecule has 0 aromatic carbocycles. The van der Waals surface area contributed by atoms with E-state index in [2.05, 4.69) is 18.8 Å². The fourth-order valence-corrected chi connectivity index (χ4v) is 0.920. The van der Waals surface area contributed by atoms with Crippen LogP contribution in [0.25, 0.3) is 0 Å².